The van der Waals surface area contributed by atoms with Crippen LogP contribution in [0.3, 0.4) is 0 Å². The van der Waals surface area contributed by atoms with Gasteiger partial charge in [0.2, 0.25) is 0 Å². The summed E-state index contributed by atoms with van der Waals surface area (Å²) >= 11 is 6.60. The predicted octanol–water partition coefficient (Wildman–Crippen LogP) is 3.70. The van der Waals surface area contributed by atoms with Crippen molar-refractivity contribution in [3.8, 4) is 5.69 Å². The minimum absolute atomic E-state index is 0.253. The molecule has 3 aromatic rings. The first-order valence-electron chi connectivity index (χ1n) is 9.09. The molecule has 0 unspecified atom stereocenters. The van der Waals surface area contributed by atoms with Crippen LogP contribution in [0.4, 0.5) is 5.69 Å². The number of para-hydroxylation sites is 1. The summed E-state index contributed by atoms with van der Waals surface area (Å²) in [4.78, 5) is 38.9. The number of aromatic nitrogens is 2. The quantitative estimate of drug-likeness (QED) is 0.355. The van der Waals surface area contributed by atoms with E-state index in [-0.39, 0.29) is 17.2 Å². The number of nitrogens with zero attached hydrogens (tertiary/aromatic N) is 3. The Kier molecular flexibility index (Phi) is 5.27. The molecule has 2 heterocycles. The number of thiocarbonyl (C=S) groups is 1. The van der Waals surface area contributed by atoms with Crippen molar-refractivity contribution in [3.05, 3.63) is 86.7 Å². The van der Waals surface area contributed by atoms with Gasteiger partial charge in [-0.15, -0.1) is 0 Å². The number of anilines is 1. The summed E-state index contributed by atoms with van der Waals surface area (Å²) in [6, 6.07) is 16.1. The van der Waals surface area contributed by atoms with Crippen LogP contribution in [0.15, 0.2) is 64.3 Å². The second-order valence-electron chi connectivity index (χ2n) is 6.71. The maximum absolute atomic E-state index is 13.3. The number of rotatable bonds is 4. The Bertz CT molecular complexity index is 1260. The smallest absolute Gasteiger partial charge is 0.296 e. The molecule has 0 N–H and O–H groups in total. The highest BCUT2D eigenvalue weighted by Gasteiger charge is 2.37. The topological polar surface area (TPSA) is 64.3 Å². The number of hydrogen-bond donors (Lipinski definition) is 0. The number of carbonyl (C=O) groups is 2. The summed E-state index contributed by atoms with van der Waals surface area (Å²) in [5.41, 5.74) is 2.61. The van der Waals surface area contributed by atoms with Crippen LogP contribution in [-0.4, -0.2) is 25.9 Å². The van der Waals surface area contributed by atoms with Crippen molar-refractivity contribution in [1.82, 2.24) is 9.36 Å². The van der Waals surface area contributed by atoms with Crippen LogP contribution in [0.1, 0.15) is 21.6 Å². The molecule has 0 radical (unpaired) electrons. The first-order valence-corrected chi connectivity index (χ1v) is 10.3. The Balaban J connectivity index is 1.76. The van der Waals surface area contributed by atoms with Crippen molar-refractivity contribution in [1.29, 1.82) is 0 Å². The van der Waals surface area contributed by atoms with Gasteiger partial charge in [-0.25, -0.2) is 4.68 Å². The van der Waals surface area contributed by atoms with Crippen molar-refractivity contribution in [2.45, 2.75) is 6.92 Å². The van der Waals surface area contributed by atoms with Crippen LogP contribution < -0.4 is 10.5 Å². The molecule has 4 rings (SSSR count). The molecule has 6 nitrogen and oxygen atoms in total. The van der Waals surface area contributed by atoms with E-state index in [1.165, 1.54) is 9.58 Å². The Labute approximate surface area is 182 Å². The lowest BCUT2D eigenvalue weighted by Crippen LogP contribution is -2.33. The maximum atomic E-state index is 13.3. The summed E-state index contributed by atoms with van der Waals surface area (Å²) in [7, 11) is 1.77. The zero-order valence-electron chi connectivity index (χ0n) is 16.2. The van der Waals surface area contributed by atoms with Gasteiger partial charge in [0.15, 0.2) is 4.32 Å². The standard InChI is InChI=1S/C22H17N3O3S2/c1-14-19(21(28)25(23(14)2)17-6-4-3-5-7-17)24-20(27)18(30-22(24)29)12-15-8-10-16(13-26)11-9-15/h3-13H,1-2H3. The highest BCUT2D eigenvalue weighted by atomic mass is 32.2. The van der Waals surface area contributed by atoms with E-state index >= 15 is 0 Å². The van der Waals surface area contributed by atoms with Gasteiger partial charge in [0.05, 0.1) is 16.3 Å². The molecule has 0 bridgehead atoms. The summed E-state index contributed by atoms with van der Waals surface area (Å²) < 4.78 is 3.54. The number of hydrogen-bond acceptors (Lipinski definition) is 5. The summed E-state index contributed by atoms with van der Waals surface area (Å²) in [6.45, 7) is 1.79. The van der Waals surface area contributed by atoms with Crippen molar-refractivity contribution >= 4 is 52.3 Å². The minimum atomic E-state index is -0.338. The normalized spacial score (nSPS) is 15.3. The van der Waals surface area contributed by atoms with Crippen molar-refractivity contribution in [2.75, 3.05) is 4.90 Å². The summed E-state index contributed by atoms with van der Waals surface area (Å²) in [5.74, 6) is -0.338. The lowest BCUT2D eigenvalue weighted by Gasteiger charge is -2.12. The molecule has 1 aliphatic heterocycles. The molecule has 8 heteroatoms. The zero-order chi connectivity index (χ0) is 21.4. The Hall–Kier alpha value is -3.23. The van der Waals surface area contributed by atoms with E-state index in [1.54, 1.807) is 49.0 Å². The Morgan fingerprint density at radius 3 is 2.23 bits per heavy atom. The highest BCUT2D eigenvalue weighted by Crippen LogP contribution is 2.36. The molecule has 1 amide bonds. The Morgan fingerprint density at radius 2 is 1.60 bits per heavy atom. The molecule has 1 aliphatic rings. The lowest BCUT2D eigenvalue weighted by molar-refractivity contribution is -0.113. The average Bonchev–Trinajstić information content (AvgIpc) is 3.14. The van der Waals surface area contributed by atoms with Gasteiger partial charge < -0.3 is 0 Å². The van der Waals surface area contributed by atoms with Gasteiger partial charge >= 0.3 is 0 Å². The first kappa shape index (κ1) is 20.1. The molecule has 0 saturated carbocycles. The van der Waals surface area contributed by atoms with Gasteiger partial charge in [0.1, 0.15) is 12.0 Å². The van der Waals surface area contributed by atoms with Gasteiger partial charge in [0.25, 0.3) is 11.5 Å². The molecular weight excluding hydrogens is 418 g/mol. The number of amides is 1. The molecule has 1 fully saturated rings. The molecule has 1 aromatic heterocycles. The van der Waals surface area contributed by atoms with Crippen LogP contribution in [0.25, 0.3) is 11.8 Å². The second kappa shape index (κ2) is 7.89. The average molecular weight is 436 g/mol. The third-order valence-corrected chi connectivity index (χ3v) is 6.21. The van der Waals surface area contributed by atoms with Crippen LogP contribution in [0.2, 0.25) is 0 Å². The van der Waals surface area contributed by atoms with Crippen LogP contribution in [-0.2, 0) is 11.8 Å². The Morgan fingerprint density at radius 1 is 0.967 bits per heavy atom. The molecule has 30 heavy (non-hydrogen) atoms. The molecular formula is C22H17N3O3S2. The molecule has 0 aliphatic carbocycles. The van der Waals surface area contributed by atoms with Gasteiger partial charge in [-0.3, -0.25) is 24.0 Å². The fraction of sp³-hybridized carbons (Fsp3) is 0.0909. The van der Waals surface area contributed by atoms with Gasteiger partial charge in [-0.2, -0.15) is 0 Å². The largest absolute Gasteiger partial charge is 0.298 e. The van der Waals surface area contributed by atoms with Gasteiger partial charge in [0, 0.05) is 12.6 Å². The number of benzene rings is 2. The van der Waals surface area contributed by atoms with E-state index in [9.17, 15) is 14.4 Å². The third kappa shape index (κ3) is 3.34. The predicted molar refractivity (Wildman–Crippen MR) is 123 cm³/mol. The summed E-state index contributed by atoms with van der Waals surface area (Å²) in [6.07, 6.45) is 2.47. The summed E-state index contributed by atoms with van der Waals surface area (Å²) in [5, 5.41) is 0. The van der Waals surface area contributed by atoms with E-state index in [0.717, 1.165) is 23.6 Å². The van der Waals surface area contributed by atoms with Crippen LogP contribution in [0, 0.1) is 6.92 Å². The van der Waals surface area contributed by atoms with Gasteiger partial charge in [-0.1, -0.05) is 66.4 Å². The SMILES string of the molecule is Cc1c(N2C(=O)C(=Cc3ccc(C=O)cc3)SC2=S)c(=O)n(-c2ccccc2)n1C. The second-order valence-corrected chi connectivity index (χ2v) is 8.39. The maximum Gasteiger partial charge on any atom is 0.296 e. The van der Waals surface area contributed by atoms with E-state index in [0.29, 0.717) is 26.2 Å². The number of thioether (sulfide) groups is 1. The molecule has 2 aromatic carbocycles. The fourth-order valence-electron chi connectivity index (χ4n) is 3.29. The molecule has 0 atom stereocenters. The molecule has 150 valence electrons. The van der Waals surface area contributed by atoms with Gasteiger partial charge in [-0.05, 0) is 30.7 Å². The van der Waals surface area contributed by atoms with Crippen LogP contribution >= 0.6 is 24.0 Å². The number of aldehydes is 1. The van der Waals surface area contributed by atoms with E-state index in [2.05, 4.69) is 0 Å². The van der Waals surface area contributed by atoms with E-state index in [4.69, 9.17) is 12.2 Å². The minimum Gasteiger partial charge on any atom is -0.298 e. The van der Waals surface area contributed by atoms with Crippen molar-refractivity contribution in [2.24, 2.45) is 7.05 Å². The first-order chi connectivity index (χ1) is 14.4. The lowest BCUT2D eigenvalue weighted by atomic mass is 10.1. The third-order valence-electron chi connectivity index (χ3n) is 4.91. The fourth-order valence-corrected chi connectivity index (χ4v) is 4.57. The monoisotopic (exact) mass is 435 g/mol. The highest BCUT2D eigenvalue weighted by molar-refractivity contribution is 8.27. The van der Waals surface area contributed by atoms with Crippen LogP contribution in [0.5, 0.6) is 0 Å². The van der Waals surface area contributed by atoms with Crippen molar-refractivity contribution < 1.29 is 9.59 Å². The van der Waals surface area contributed by atoms with E-state index < -0.39 is 0 Å². The van der Waals surface area contributed by atoms with Crippen molar-refractivity contribution in [3.63, 3.8) is 0 Å². The zero-order valence-corrected chi connectivity index (χ0v) is 17.9. The molecule has 0 spiro atoms. The van der Waals surface area contributed by atoms with E-state index in [1.807, 2.05) is 30.3 Å². The number of carbonyl (C=O) groups excluding carboxylic acids is 2. The molecule has 1 saturated heterocycles.